The molecule has 0 fully saturated rings. The fourth-order valence-electron chi connectivity index (χ4n) is 2.94. The number of amides is 1. The van der Waals surface area contributed by atoms with Crippen molar-refractivity contribution in [3.05, 3.63) is 60.3 Å². The van der Waals surface area contributed by atoms with Gasteiger partial charge in [-0.15, -0.1) is 10.2 Å². The van der Waals surface area contributed by atoms with E-state index in [0.717, 1.165) is 34.7 Å². The van der Waals surface area contributed by atoms with Crippen LogP contribution < -0.4 is 4.90 Å². The summed E-state index contributed by atoms with van der Waals surface area (Å²) in [6.45, 7) is 10.9. The Morgan fingerprint density at radius 1 is 1.38 bits per heavy atom. The molecule has 3 rings (SSSR count). The van der Waals surface area contributed by atoms with Crippen molar-refractivity contribution in [1.82, 2.24) is 20.0 Å². The molecule has 0 unspecified atom stereocenters. The Labute approximate surface area is 152 Å². The third-order valence-corrected chi connectivity index (χ3v) is 4.35. The fourth-order valence-corrected chi connectivity index (χ4v) is 2.94. The maximum Gasteiger partial charge on any atom is 0.250 e. The molecule has 3 aromatic rings. The molecule has 0 bridgehead atoms. The van der Waals surface area contributed by atoms with E-state index in [1.54, 1.807) is 4.90 Å². The van der Waals surface area contributed by atoms with Crippen molar-refractivity contribution < 1.29 is 9.21 Å². The molecule has 7 nitrogen and oxygen atoms in total. The molecule has 134 valence electrons. The molecule has 2 heterocycles. The van der Waals surface area contributed by atoms with E-state index >= 15 is 0 Å². The van der Waals surface area contributed by atoms with Crippen molar-refractivity contribution in [2.75, 3.05) is 4.90 Å². The van der Waals surface area contributed by atoms with E-state index in [2.05, 4.69) is 21.9 Å². The summed E-state index contributed by atoms with van der Waals surface area (Å²) >= 11 is 0. The summed E-state index contributed by atoms with van der Waals surface area (Å²) in [6, 6.07) is 7.44. The molecule has 0 saturated heterocycles. The van der Waals surface area contributed by atoms with Crippen LogP contribution in [-0.4, -0.2) is 25.9 Å². The summed E-state index contributed by atoms with van der Waals surface area (Å²) in [4.78, 5) is 14.2. The predicted molar refractivity (Wildman–Crippen MR) is 98.5 cm³/mol. The Bertz CT molecular complexity index is 928. The van der Waals surface area contributed by atoms with E-state index in [0.29, 0.717) is 12.4 Å². The lowest BCUT2D eigenvalue weighted by Crippen LogP contribution is -2.29. The molecule has 1 amide bonds. The highest BCUT2D eigenvalue weighted by Gasteiger charge is 2.20. The van der Waals surface area contributed by atoms with Gasteiger partial charge in [-0.25, -0.2) is 0 Å². The van der Waals surface area contributed by atoms with Crippen LogP contribution in [0.4, 0.5) is 5.69 Å². The SMILES string of the molecule is C=CC(=O)N(Cc1c(C)nn(CC)c1C)c1cccc(-c2nnco2)c1. The first-order valence-electron chi connectivity index (χ1n) is 8.38. The van der Waals surface area contributed by atoms with Gasteiger partial charge in [0.2, 0.25) is 12.3 Å². The highest BCUT2D eigenvalue weighted by Crippen LogP contribution is 2.26. The quantitative estimate of drug-likeness (QED) is 0.637. The van der Waals surface area contributed by atoms with Crippen LogP contribution in [-0.2, 0) is 17.9 Å². The fraction of sp³-hybridized carbons (Fsp3) is 0.263. The summed E-state index contributed by atoms with van der Waals surface area (Å²) in [5.74, 6) is 0.222. The first-order valence-corrected chi connectivity index (χ1v) is 8.38. The molecule has 7 heteroatoms. The summed E-state index contributed by atoms with van der Waals surface area (Å²) in [5.41, 5.74) is 4.48. The molecule has 0 saturated carbocycles. The lowest BCUT2D eigenvalue weighted by atomic mass is 10.1. The number of aryl methyl sites for hydroxylation is 2. The highest BCUT2D eigenvalue weighted by atomic mass is 16.4. The molecular formula is C19H21N5O2. The highest BCUT2D eigenvalue weighted by molar-refractivity contribution is 6.01. The average molecular weight is 351 g/mol. The van der Waals surface area contributed by atoms with Gasteiger partial charge in [0, 0.05) is 29.1 Å². The van der Waals surface area contributed by atoms with Gasteiger partial charge in [0.05, 0.1) is 12.2 Å². The van der Waals surface area contributed by atoms with Gasteiger partial charge < -0.3 is 9.32 Å². The average Bonchev–Trinajstić information content (AvgIpc) is 3.28. The van der Waals surface area contributed by atoms with Crippen molar-refractivity contribution in [3.63, 3.8) is 0 Å². The molecule has 0 radical (unpaired) electrons. The third-order valence-electron chi connectivity index (χ3n) is 4.35. The van der Waals surface area contributed by atoms with Gasteiger partial charge >= 0.3 is 0 Å². The molecule has 0 aliphatic rings. The van der Waals surface area contributed by atoms with E-state index < -0.39 is 0 Å². The monoisotopic (exact) mass is 351 g/mol. The van der Waals surface area contributed by atoms with E-state index in [9.17, 15) is 4.79 Å². The lowest BCUT2D eigenvalue weighted by Gasteiger charge is -2.22. The maximum atomic E-state index is 12.5. The molecular weight excluding hydrogens is 330 g/mol. The summed E-state index contributed by atoms with van der Waals surface area (Å²) in [5, 5.41) is 12.2. The third kappa shape index (κ3) is 3.28. The van der Waals surface area contributed by atoms with Gasteiger partial charge in [-0.2, -0.15) is 5.10 Å². The number of rotatable bonds is 6. The number of anilines is 1. The molecule has 26 heavy (non-hydrogen) atoms. The lowest BCUT2D eigenvalue weighted by molar-refractivity contribution is -0.114. The zero-order chi connectivity index (χ0) is 18.7. The van der Waals surface area contributed by atoms with Gasteiger partial charge in [-0.3, -0.25) is 9.48 Å². The first-order chi connectivity index (χ1) is 12.5. The number of carbonyl (C=O) groups excluding carboxylic acids is 1. The normalized spacial score (nSPS) is 10.7. The van der Waals surface area contributed by atoms with Crippen LogP contribution in [0.3, 0.4) is 0 Å². The van der Waals surface area contributed by atoms with Crippen molar-refractivity contribution in [2.24, 2.45) is 0 Å². The van der Waals surface area contributed by atoms with Gasteiger partial charge in [0.25, 0.3) is 5.91 Å². The van der Waals surface area contributed by atoms with Gasteiger partial charge in [-0.1, -0.05) is 12.6 Å². The summed E-state index contributed by atoms with van der Waals surface area (Å²) < 4.78 is 7.20. The zero-order valence-corrected chi connectivity index (χ0v) is 15.1. The van der Waals surface area contributed by atoms with Crippen molar-refractivity contribution in [1.29, 1.82) is 0 Å². The minimum Gasteiger partial charge on any atom is -0.423 e. The minimum absolute atomic E-state index is 0.185. The second-order valence-electron chi connectivity index (χ2n) is 5.89. The van der Waals surface area contributed by atoms with Crippen LogP contribution in [0.5, 0.6) is 0 Å². The van der Waals surface area contributed by atoms with E-state index in [-0.39, 0.29) is 5.91 Å². The molecule has 0 aliphatic heterocycles. The first kappa shape index (κ1) is 17.6. The standard InChI is InChI=1S/C19H21N5O2/c1-5-18(25)23(11-17-13(3)22-24(6-2)14(17)4)16-9-7-8-15(10-16)19-21-20-12-26-19/h5,7-10,12H,1,6,11H2,2-4H3. The van der Waals surface area contributed by atoms with E-state index in [1.165, 1.54) is 12.5 Å². The number of benzene rings is 1. The van der Waals surface area contributed by atoms with Crippen LogP contribution in [0, 0.1) is 13.8 Å². The Kier molecular flexibility index (Phi) is 4.97. The Morgan fingerprint density at radius 3 is 2.81 bits per heavy atom. The number of carbonyl (C=O) groups is 1. The second kappa shape index (κ2) is 7.35. The van der Waals surface area contributed by atoms with Gasteiger partial charge in [-0.05, 0) is 45.0 Å². The van der Waals surface area contributed by atoms with Crippen LogP contribution in [0.15, 0.2) is 47.7 Å². The number of nitrogens with zero attached hydrogens (tertiary/aromatic N) is 5. The Balaban J connectivity index is 2.00. The maximum absolute atomic E-state index is 12.5. The Morgan fingerprint density at radius 2 is 2.19 bits per heavy atom. The zero-order valence-electron chi connectivity index (χ0n) is 15.1. The number of hydrogen-bond acceptors (Lipinski definition) is 5. The minimum atomic E-state index is -0.185. The van der Waals surface area contributed by atoms with Gasteiger partial charge in [0.15, 0.2) is 0 Å². The van der Waals surface area contributed by atoms with E-state index in [4.69, 9.17) is 4.42 Å². The molecule has 0 aliphatic carbocycles. The number of hydrogen-bond donors (Lipinski definition) is 0. The van der Waals surface area contributed by atoms with Gasteiger partial charge in [0.1, 0.15) is 0 Å². The Hall–Kier alpha value is -3.22. The van der Waals surface area contributed by atoms with E-state index in [1.807, 2.05) is 49.7 Å². The molecule has 0 N–H and O–H groups in total. The summed E-state index contributed by atoms with van der Waals surface area (Å²) in [7, 11) is 0. The largest absolute Gasteiger partial charge is 0.423 e. The van der Waals surface area contributed by atoms with Crippen LogP contribution in [0.2, 0.25) is 0 Å². The summed E-state index contributed by atoms with van der Waals surface area (Å²) in [6.07, 6.45) is 2.59. The number of aromatic nitrogens is 4. The van der Waals surface area contributed by atoms with Crippen molar-refractivity contribution in [3.8, 4) is 11.5 Å². The van der Waals surface area contributed by atoms with Crippen molar-refractivity contribution in [2.45, 2.75) is 33.9 Å². The predicted octanol–water partition coefficient (Wildman–Crippen LogP) is 3.29. The molecule has 2 aromatic heterocycles. The molecule has 1 aromatic carbocycles. The van der Waals surface area contributed by atoms with Crippen LogP contribution >= 0.6 is 0 Å². The second-order valence-corrected chi connectivity index (χ2v) is 5.89. The molecule has 0 atom stereocenters. The van der Waals surface area contributed by atoms with Crippen molar-refractivity contribution >= 4 is 11.6 Å². The molecule has 0 spiro atoms. The van der Waals surface area contributed by atoms with Crippen LogP contribution in [0.1, 0.15) is 23.9 Å². The smallest absolute Gasteiger partial charge is 0.250 e. The van der Waals surface area contributed by atoms with Crippen LogP contribution in [0.25, 0.3) is 11.5 Å². The topological polar surface area (TPSA) is 77.1 Å².